The third kappa shape index (κ3) is 6.00. The normalized spacial score (nSPS) is 11.5. The molecular weight excluding hydrogens is 376 g/mol. The van der Waals surface area contributed by atoms with Gasteiger partial charge in [0.1, 0.15) is 0 Å². The highest BCUT2D eigenvalue weighted by atomic mass is 32.2. The maximum absolute atomic E-state index is 12.4. The molecular formula is C21H26N2O4S. The van der Waals surface area contributed by atoms with E-state index in [4.69, 9.17) is 0 Å². The summed E-state index contributed by atoms with van der Waals surface area (Å²) in [4.78, 5) is 24.6. The summed E-state index contributed by atoms with van der Waals surface area (Å²) in [5.74, 6) is -0.368. The van der Waals surface area contributed by atoms with Crippen molar-refractivity contribution >= 4 is 27.4 Å². The number of carbonyl (C=O) groups is 2. The van der Waals surface area contributed by atoms with Gasteiger partial charge in [0, 0.05) is 30.1 Å². The van der Waals surface area contributed by atoms with E-state index in [0.29, 0.717) is 11.3 Å². The molecule has 1 amide bonds. The van der Waals surface area contributed by atoms with Crippen molar-refractivity contribution in [3.05, 3.63) is 59.2 Å². The quantitative estimate of drug-likeness (QED) is 0.660. The fourth-order valence-corrected chi connectivity index (χ4v) is 3.97. The van der Waals surface area contributed by atoms with E-state index < -0.39 is 10.0 Å². The van der Waals surface area contributed by atoms with Gasteiger partial charge in [-0.05, 0) is 63.6 Å². The van der Waals surface area contributed by atoms with Crippen LogP contribution in [0.25, 0.3) is 0 Å². The van der Waals surface area contributed by atoms with E-state index in [1.807, 2.05) is 32.0 Å². The number of amides is 1. The zero-order valence-electron chi connectivity index (χ0n) is 16.6. The highest BCUT2D eigenvalue weighted by Gasteiger charge is 2.16. The van der Waals surface area contributed by atoms with Crippen LogP contribution < -0.4 is 10.0 Å². The predicted molar refractivity (Wildman–Crippen MR) is 110 cm³/mol. The first-order valence-corrected chi connectivity index (χ1v) is 10.6. The number of Topliss-reactive ketones (excluding diaryl/α,β-unsaturated/α-hetero) is 1. The third-order valence-electron chi connectivity index (χ3n) is 4.11. The second kappa shape index (κ2) is 9.12. The van der Waals surface area contributed by atoms with Crippen molar-refractivity contribution in [2.45, 2.75) is 51.5 Å². The van der Waals surface area contributed by atoms with Crippen LogP contribution in [0.5, 0.6) is 0 Å². The van der Waals surface area contributed by atoms with Crippen molar-refractivity contribution in [1.29, 1.82) is 0 Å². The Hall–Kier alpha value is -2.51. The fourth-order valence-electron chi connectivity index (χ4n) is 2.72. The Morgan fingerprint density at radius 3 is 2.21 bits per heavy atom. The number of carbonyl (C=O) groups excluding carboxylic acids is 2. The van der Waals surface area contributed by atoms with Gasteiger partial charge in [0.15, 0.2) is 5.78 Å². The lowest BCUT2D eigenvalue weighted by molar-refractivity contribution is -0.116. The molecule has 0 bridgehead atoms. The van der Waals surface area contributed by atoms with E-state index in [2.05, 4.69) is 10.0 Å². The number of aryl methyl sites for hydroxylation is 2. The number of nitrogens with one attached hydrogen (secondary N) is 2. The highest BCUT2D eigenvalue weighted by molar-refractivity contribution is 7.89. The summed E-state index contributed by atoms with van der Waals surface area (Å²) < 4.78 is 26.7. The maximum Gasteiger partial charge on any atom is 0.240 e. The van der Waals surface area contributed by atoms with Crippen LogP contribution in [0.15, 0.2) is 47.4 Å². The number of ketones is 1. The molecule has 0 aromatic heterocycles. The van der Waals surface area contributed by atoms with Crippen LogP contribution in [0, 0.1) is 13.8 Å². The Morgan fingerprint density at radius 2 is 1.61 bits per heavy atom. The minimum Gasteiger partial charge on any atom is -0.326 e. The summed E-state index contributed by atoms with van der Waals surface area (Å²) in [6, 6.07) is 11.4. The molecule has 150 valence electrons. The average Bonchev–Trinajstić information content (AvgIpc) is 2.61. The standard InChI is InChI=1S/C21H26N2O4S/c1-14(2)23-28(26,27)18-9-7-17(8-10-18)22-21(25)12-11-20(24)19-13-15(3)5-6-16(19)4/h5-10,13-14,23H,11-12H2,1-4H3,(H,22,25). The monoisotopic (exact) mass is 402 g/mol. The molecule has 2 rings (SSSR count). The van der Waals surface area contributed by atoms with Gasteiger partial charge in [0.25, 0.3) is 0 Å². The van der Waals surface area contributed by atoms with Gasteiger partial charge in [-0.25, -0.2) is 13.1 Å². The molecule has 0 aliphatic carbocycles. The molecule has 0 radical (unpaired) electrons. The third-order valence-corrected chi connectivity index (χ3v) is 5.79. The van der Waals surface area contributed by atoms with Gasteiger partial charge >= 0.3 is 0 Å². The average molecular weight is 403 g/mol. The van der Waals surface area contributed by atoms with E-state index in [-0.39, 0.29) is 35.5 Å². The number of hydrogen-bond acceptors (Lipinski definition) is 4. The van der Waals surface area contributed by atoms with Crippen LogP contribution in [0.1, 0.15) is 48.2 Å². The van der Waals surface area contributed by atoms with E-state index in [0.717, 1.165) is 11.1 Å². The minimum absolute atomic E-state index is 0.0567. The summed E-state index contributed by atoms with van der Waals surface area (Å²) in [5, 5.41) is 2.69. The molecule has 28 heavy (non-hydrogen) atoms. The molecule has 2 aromatic carbocycles. The van der Waals surface area contributed by atoms with E-state index >= 15 is 0 Å². The minimum atomic E-state index is -3.57. The molecule has 2 N–H and O–H groups in total. The second-order valence-corrected chi connectivity index (χ2v) is 8.80. The van der Waals surface area contributed by atoms with Crippen molar-refractivity contribution in [2.75, 3.05) is 5.32 Å². The van der Waals surface area contributed by atoms with Gasteiger partial charge in [-0.2, -0.15) is 0 Å². The van der Waals surface area contributed by atoms with Crippen molar-refractivity contribution in [3.8, 4) is 0 Å². The van der Waals surface area contributed by atoms with Crippen LogP contribution in [0.3, 0.4) is 0 Å². The SMILES string of the molecule is Cc1ccc(C)c(C(=O)CCC(=O)Nc2ccc(S(=O)(=O)NC(C)C)cc2)c1. The number of hydrogen-bond donors (Lipinski definition) is 2. The van der Waals surface area contributed by atoms with Crippen LogP contribution in [0.4, 0.5) is 5.69 Å². The Labute approximate surface area is 166 Å². The van der Waals surface area contributed by atoms with Gasteiger partial charge in [0.05, 0.1) is 4.90 Å². The van der Waals surface area contributed by atoms with Gasteiger partial charge in [-0.1, -0.05) is 17.7 Å². The van der Waals surface area contributed by atoms with Crippen LogP contribution >= 0.6 is 0 Å². The van der Waals surface area contributed by atoms with Crippen LogP contribution in [-0.2, 0) is 14.8 Å². The summed E-state index contributed by atoms with van der Waals surface area (Å²) >= 11 is 0. The Morgan fingerprint density at radius 1 is 0.964 bits per heavy atom. The van der Waals surface area contributed by atoms with Crippen molar-refractivity contribution < 1.29 is 18.0 Å². The fraction of sp³-hybridized carbons (Fsp3) is 0.333. The summed E-state index contributed by atoms with van der Waals surface area (Å²) in [5.41, 5.74) is 3.01. The molecule has 2 aromatic rings. The Balaban J connectivity index is 1.94. The molecule has 0 atom stereocenters. The Kier molecular flexibility index (Phi) is 7.10. The van der Waals surface area contributed by atoms with E-state index in [9.17, 15) is 18.0 Å². The molecule has 0 spiro atoms. The maximum atomic E-state index is 12.4. The lowest BCUT2D eigenvalue weighted by Crippen LogP contribution is -2.30. The number of rotatable bonds is 8. The van der Waals surface area contributed by atoms with Gasteiger partial charge in [-0.3, -0.25) is 9.59 Å². The number of sulfonamides is 1. The predicted octanol–water partition coefficient (Wildman–Crippen LogP) is 3.59. The van der Waals surface area contributed by atoms with Crippen molar-refractivity contribution in [2.24, 2.45) is 0 Å². The highest BCUT2D eigenvalue weighted by Crippen LogP contribution is 2.16. The molecule has 6 nitrogen and oxygen atoms in total. The summed E-state index contributed by atoms with van der Waals surface area (Å²) in [6.07, 6.45) is 0.169. The summed E-state index contributed by atoms with van der Waals surface area (Å²) in [6.45, 7) is 7.28. The molecule has 0 unspecified atom stereocenters. The molecule has 0 fully saturated rings. The van der Waals surface area contributed by atoms with E-state index in [1.54, 1.807) is 13.8 Å². The molecule has 7 heteroatoms. The van der Waals surface area contributed by atoms with Gasteiger partial charge in [-0.15, -0.1) is 0 Å². The lowest BCUT2D eigenvalue weighted by atomic mass is 9.99. The van der Waals surface area contributed by atoms with Gasteiger partial charge in [0.2, 0.25) is 15.9 Å². The first-order valence-electron chi connectivity index (χ1n) is 9.11. The molecule has 0 aliphatic rings. The molecule has 0 heterocycles. The number of benzene rings is 2. The van der Waals surface area contributed by atoms with Crippen LogP contribution in [-0.4, -0.2) is 26.2 Å². The van der Waals surface area contributed by atoms with Crippen LogP contribution in [0.2, 0.25) is 0 Å². The van der Waals surface area contributed by atoms with E-state index in [1.165, 1.54) is 24.3 Å². The van der Waals surface area contributed by atoms with Crippen molar-refractivity contribution in [3.63, 3.8) is 0 Å². The summed E-state index contributed by atoms with van der Waals surface area (Å²) in [7, 11) is -3.57. The first-order chi connectivity index (χ1) is 13.1. The zero-order valence-corrected chi connectivity index (χ0v) is 17.4. The van der Waals surface area contributed by atoms with Gasteiger partial charge < -0.3 is 5.32 Å². The second-order valence-electron chi connectivity index (χ2n) is 7.09. The molecule has 0 saturated carbocycles. The molecule has 0 saturated heterocycles. The zero-order chi connectivity index (χ0) is 20.9. The smallest absolute Gasteiger partial charge is 0.240 e. The Bertz CT molecular complexity index is 964. The first kappa shape index (κ1) is 21.8. The number of anilines is 1. The lowest BCUT2D eigenvalue weighted by Gasteiger charge is -2.10. The largest absolute Gasteiger partial charge is 0.326 e. The topological polar surface area (TPSA) is 92.3 Å². The van der Waals surface area contributed by atoms with Crippen molar-refractivity contribution in [1.82, 2.24) is 4.72 Å². The molecule has 0 aliphatic heterocycles.